The summed E-state index contributed by atoms with van der Waals surface area (Å²) in [6, 6.07) is 19.5. The molecule has 3 rings (SSSR count). The molecule has 2 aromatic carbocycles. The molecule has 1 amide bonds. The summed E-state index contributed by atoms with van der Waals surface area (Å²) in [5.41, 5.74) is 5.44. The Hall–Kier alpha value is -2.17. The second kappa shape index (κ2) is 8.62. The van der Waals surface area contributed by atoms with Crippen LogP contribution in [0.2, 0.25) is 0 Å². The Kier molecular flexibility index (Phi) is 5.99. The maximum atomic E-state index is 12.8. The van der Waals surface area contributed by atoms with Crippen molar-refractivity contribution < 1.29 is 4.79 Å². The lowest BCUT2D eigenvalue weighted by Gasteiger charge is -2.31. The smallest absolute Gasteiger partial charge is 0.243 e. The van der Waals surface area contributed by atoms with Crippen LogP contribution in [0.1, 0.15) is 24.8 Å². The summed E-state index contributed by atoms with van der Waals surface area (Å²) in [5.74, 6) is 0.00984. The third-order valence-electron chi connectivity index (χ3n) is 4.33. The van der Waals surface area contributed by atoms with Crippen LogP contribution in [-0.2, 0) is 11.2 Å². The summed E-state index contributed by atoms with van der Waals surface area (Å²) in [5, 5.41) is 5.22. The number of piperidine rings is 1. The number of amides is 1. The lowest BCUT2D eigenvalue weighted by molar-refractivity contribution is -0.119. The van der Waals surface area contributed by atoms with Crippen LogP contribution in [0.15, 0.2) is 60.7 Å². The molecule has 0 aromatic heterocycles. The topological polar surface area (TPSA) is 44.4 Å². The number of hydrogen-bond acceptors (Lipinski definition) is 3. The lowest BCUT2D eigenvalue weighted by Crippen LogP contribution is -2.52. The van der Waals surface area contributed by atoms with Gasteiger partial charge in [-0.25, -0.2) is 10.4 Å². The summed E-state index contributed by atoms with van der Waals surface area (Å²) >= 11 is 0. The fourth-order valence-corrected chi connectivity index (χ4v) is 3.04. The monoisotopic (exact) mass is 323 g/mol. The Morgan fingerprint density at radius 1 is 0.917 bits per heavy atom. The van der Waals surface area contributed by atoms with Crippen molar-refractivity contribution in [1.82, 2.24) is 10.4 Å². The third-order valence-corrected chi connectivity index (χ3v) is 4.33. The number of anilines is 1. The molecule has 1 heterocycles. The van der Waals surface area contributed by atoms with Gasteiger partial charge in [-0.2, -0.15) is 0 Å². The van der Waals surface area contributed by atoms with Crippen LogP contribution in [0, 0.1) is 0 Å². The number of carbonyl (C=O) groups is 1. The predicted molar refractivity (Wildman–Crippen MR) is 97.6 cm³/mol. The van der Waals surface area contributed by atoms with Gasteiger partial charge >= 0.3 is 0 Å². The van der Waals surface area contributed by atoms with Crippen LogP contribution in [0.3, 0.4) is 0 Å². The molecular formula is C20H25N3O. The number of rotatable bonds is 6. The largest absolute Gasteiger partial charge is 0.325 e. The Morgan fingerprint density at radius 2 is 1.54 bits per heavy atom. The fourth-order valence-electron chi connectivity index (χ4n) is 3.04. The van der Waals surface area contributed by atoms with E-state index in [-0.39, 0.29) is 11.9 Å². The highest BCUT2D eigenvalue weighted by Gasteiger charge is 2.22. The molecule has 4 heteroatoms. The van der Waals surface area contributed by atoms with Gasteiger partial charge < -0.3 is 5.32 Å². The molecule has 1 fully saturated rings. The van der Waals surface area contributed by atoms with Crippen LogP contribution in [0.4, 0.5) is 5.69 Å². The number of hydrogen-bond donors (Lipinski definition) is 2. The zero-order chi connectivity index (χ0) is 16.6. The number of nitrogens with one attached hydrogen (secondary N) is 2. The van der Waals surface area contributed by atoms with E-state index in [0.717, 1.165) is 24.3 Å². The Balaban J connectivity index is 1.69. The lowest BCUT2D eigenvalue weighted by atomic mass is 10.1. The van der Waals surface area contributed by atoms with E-state index in [2.05, 4.69) is 27.9 Å². The summed E-state index contributed by atoms with van der Waals surface area (Å²) in [6.07, 6.45) is 4.32. The minimum atomic E-state index is -0.272. The molecule has 126 valence electrons. The molecule has 0 unspecified atom stereocenters. The fraction of sp³-hybridized carbons (Fsp3) is 0.350. The van der Waals surface area contributed by atoms with Crippen LogP contribution < -0.4 is 10.7 Å². The van der Waals surface area contributed by atoms with E-state index in [1.54, 1.807) is 0 Å². The molecular weight excluding hydrogens is 298 g/mol. The minimum Gasteiger partial charge on any atom is -0.325 e. The van der Waals surface area contributed by atoms with Crippen molar-refractivity contribution in [2.24, 2.45) is 0 Å². The van der Waals surface area contributed by atoms with Crippen molar-refractivity contribution in [2.75, 3.05) is 18.4 Å². The average Bonchev–Trinajstić information content (AvgIpc) is 2.64. The van der Waals surface area contributed by atoms with Crippen molar-refractivity contribution in [1.29, 1.82) is 0 Å². The van der Waals surface area contributed by atoms with Crippen molar-refractivity contribution >= 4 is 11.6 Å². The van der Waals surface area contributed by atoms with E-state index in [4.69, 9.17) is 0 Å². The van der Waals surface area contributed by atoms with E-state index in [1.165, 1.54) is 19.3 Å². The molecule has 1 aliphatic rings. The Labute approximate surface area is 143 Å². The summed E-state index contributed by atoms with van der Waals surface area (Å²) in [6.45, 7) is 2.01. The quantitative estimate of drug-likeness (QED) is 0.858. The maximum Gasteiger partial charge on any atom is 0.243 e. The highest BCUT2D eigenvalue weighted by atomic mass is 16.2. The van der Waals surface area contributed by atoms with Gasteiger partial charge in [0.1, 0.15) is 6.04 Å². The molecule has 1 aliphatic heterocycles. The van der Waals surface area contributed by atoms with Gasteiger partial charge in [0.2, 0.25) is 5.91 Å². The van der Waals surface area contributed by atoms with Gasteiger partial charge in [0.05, 0.1) is 0 Å². The van der Waals surface area contributed by atoms with Crippen LogP contribution >= 0.6 is 0 Å². The van der Waals surface area contributed by atoms with Crippen LogP contribution in [0.25, 0.3) is 0 Å². The first-order valence-corrected chi connectivity index (χ1v) is 8.72. The van der Waals surface area contributed by atoms with Crippen molar-refractivity contribution in [3.05, 3.63) is 66.2 Å². The average molecular weight is 323 g/mol. The van der Waals surface area contributed by atoms with E-state index < -0.39 is 0 Å². The van der Waals surface area contributed by atoms with Gasteiger partial charge in [-0.05, 0) is 37.0 Å². The first kappa shape index (κ1) is 16.7. The molecule has 24 heavy (non-hydrogen) atoms. The summed E-state index contributed by atoms with van der Waals surface area (Å²) in [7, 11) is 0. The molecule has 4 nitrogen and oxygen atoms in total. The van der Waals surface area contributed by atoms with Crippen molar-refractivity contribution in [3.8, 4) is 0 Å². The number of para-hydroxylation sites is 1. The van der Waals surface area contributed by atoms with Gasteiger partial charge in [-0.1, -0.05) is 55.0 Å². The van der Waals surface area contributed by atoms with Gasteiger partial charge in [-0.15, -0.1) is 0 Å². The Bertz CT molecular complexity index is 624. The number of nitrogens with zero attached hydrogens (tertiary/aromatic N) is 1. The van der Waals surface area contributed by atoms with E-state index in [1.807, 2.05) is 48.5 Å². The maximum absolute atomic E-state index is 12.8. The zero-order valence-corrected chi connectivity index (χ0v) is 13.9. The first-order chi connectivity index (χ1) is 11.8. The minimum absolute atomic E-state index is 0.00984. The molecule has 0 spiro atoms. The van der Waals surface area contributed by atoms with Crippen molar-refractivity contribution in [3.63, 3.8) is 0 Å². The highest BCUT2D eigenvalue weighted by Crippen LogP contribution is 2.11. The van der Waals surface area contributed by atoms with Crippen molar-refractivity contribution in [2.45, 2.75) is 31.7 Å². The molecule has 0 aliphatic carbocycles. The highest BCUT2D eigenvalue weighted by molar-refractivity contribution is 5.94. The summed E-state index contributed by atoms with van der Waals surface area (Å²) < 4.78 is 0. The normalized spacial score (nSPS) is 16.5. The standard InChI is InChI=1S/C20H25N3O/c24-20(21-18-12-6-2-7-13-18)19(16-17-10-4-1-5-11-17)22-23-14-8-3-9-15-23/h1-2,4-7,10-13,19,22H,3,8-9,14-16H2,(H,21,24)/t19-/m0/s1. The molecule has 0 bridgehead atoms. The third kappa shape index (κ3) is 4.91. The van der Waals surface area contributed by atoms with Gasteiger partial charge in [0.25, 0.3) is 0 Å². The zero-order valence-electron chi connectivity index (χ0n) is 13.9. The van der Waals surface area contributed by atoms with E-state index in [9.17, 15) is 4.79 Å². The molecule has 1 atom stereocenters. The molecule has 2 N–H and O–H groups in total. The number of carbonyl (C=O) groups excluding carboxylic acids is 1. The Morgan fingerprint density at radius 3 is 2.21 bits per heavy atom. The van der Waals surface area contributed by atoms with E-state index in [0.29, 0.717) is 6.42 Å². The second-order valence-corrected chi connectivity index (χ2v) is 6.27. The molecule has 2 aromatic rings. The van der Waals surface area contributed by atoms with Crippen LogP contribution in [-0.4, -0.2) is 30.0 Å². The molecule has 1 saturated heterocycles. The van der Waals surface area contributed by atoms with Gasteiger partial charge in [-0.3, -0.25) is 4.79 Å². The van der Waals surface area contributed by atoms with E-state index >= 15 is 0 Å². The molecule has 0 radical (unpaired) electrons. The number of benzene rings is 2. The predicted octanol–water partition coefficient (Wildman–Crippen LogP) is 3.23. The second-order valence-electron chi connectivity index (χ2n) is 6.27. The van der Waals surface area contributed by atoms with Gasteiger partial charge in [0.15, 0.2) is 0 Å². The SMILES string of the molecule is O=C(Nc1ccccc1)[C@H](Cc1ccccc1)NN1CCCCC1. The number of hydrazine groups is 1. The first-order valence-electron chi connectivity index (χ1n) is 8.72. The van der Waals surface area contributed by atoms with Gasteiger partial charge in [0, 0.05) is 18.8 Å². The van der Waals surface area contributed by atoms with Crippen LogP contribution in [0.5, 0.6) is 0 Å². The molecule has 0 saturated carbocycles. The summed E-state index contributed by atoms with van der Waals surface area (Å²) in [4.78, 5) is 12.8.